The first-order valence-corrected chi connectivity index (χ1v) is 11.9. The average Bonchev–Trinajstić information content (AvgIpc) is 2.87. The number of carbonyl (C=O) groups excluding carboxylic acids is 2. The third-order valence-corrected chi connectivity index (χ3v) is 6.76. The van der Waals surface area contributed by atoms with E-state index in [9.17, 15) is 31.5 Å². The van der Waals surface area contributed by atoms with E-state index in [0.29, 0.717) is 35.6 Å². The number of methoxy groups -OCH3 is 2. The summed E-state index contributed by atoms with van der Waals surface area (Å²) >= 11 is 1.14. The van der Waals surface area contributed by atoms with Crippen molar-refractivity contribution in [1.82, 2.24) is 5.01 Å². The molecule has 2 amide bonds. The van der Waals surface area contributed by atoms with Gasteiger partial charge in [-0.05, 0) is 48.7 Å². The van der Waals surface area contributed by atoms with Gasteiger partial charge in [0.15, 0.2) is 11.5 Å². The Labute approximate surface area is 214 Å². The number of alkyl halides is 5. The van der Waals surface area contributed by atoms with Crippen LogP contribution in [0.25, 0.3) is 0 Å². The van der Waals surface area contributed by atoms with Crippen LogP contribution >= 0.6 is 11.8 Å². The van der Waals surface area contributed by atoms with Gasteiger partial charge in [-0.2, -0.15) is 27.1 Å². The highest BCUT2D eigenvalue weighted by atomic mass is 32.2. The summed E-state index contributed by atoms with van der Waals surface area (Å²) in [4.78, 5) is 24.0. The molecule has 0 aliphatic carbocycles. The molecule has 0 fully saturated rings. The lowest BCUT2D eigenvalue weighted by Crippen LogP contribution is -2.47. The van der Waals surface area contributed by atoms with Gasteiger partial charge < -0.3 is 14.8 Å². The molecule has 1 unspecified atom stereocenters. The van der Waals surface area contributed by atoms with Crippen LogP contribution in [-0.2, 0) is 11.2 Å². The van der Waals surface area contributed by atoms with E-state index in [1.807, 2.05) is 13.0 Å². The Morgan fingerprint density at radius 3 is 2.27 bits per heavy atom. The molecule has 200 valence electrons. The summed E-state index contributed by atoms with van der Waals surface area (Å²) in [6, 6.07) is 10.7. The minimum absolute atomic E-state index is 0.167. The van der Waals surface area contributed by atoms with Crippen molar-refractivity contribution in [1.29, 1.82) is 0 Å². The Hall–Kier alpha value is -3.35. The minimum atomic E-state index is -6.00. The van der Waals surface area contributed by atoms with Crippen molar-refractivity contribution < 1.29 is 41.0 Å². The van der Waals surface area contributed by atoms with Crippen molar-refractivity contribution in [2.24, 2.45) is 5.10 Å². The van der Waals surface area contributed by atoms with Crippen LogP contribution in [0.3, 0.4) is 0 Å². The number of halogens is 5. The Kier molecular flexibility index (Phi) is 8.67. The maximum absolute atomic E-state index is 13.1. The molecule has 0 aromatic heterocycles. The molecule has 3 rings (SSSR count). The maximum atomic E-state index is 13.1. The van der Waals surface area contributed by atoms with E-state index in [4.69, 9.17) is 9.47 Å². The number of carbonyl (C=O) groups is 2. The fraction of sp³-hybridized carbons (Fsp3) is 0.375. The summed E-state index contributed by atoms with van der Waals surface area (Å²) < 4.78 is 74.0. The van der Waals surface area contributed by atoms with Crippen molar-refractivity contribution in [2.75, 3.05) is 26.1 Å². The smallest absolute Gasteiger partial charge is 0.463 e. The molecular formula is C24H24F5N3O4S. The van der Waals surface area contributed by atoms with Crippen LogP contribution in [0.4, 0.5) is 32.4 Å². The molecule has 13 heteroatoms. The van der Waals surface area contributed by atoms with Gasteiger partial charge in [-0.15, -0.1) is 0 Å². The van der Waals surface area contributed by atoms with Gasteiger partial charge in [0.25, 0.3) is 0 Å². The Morgan fingerprint density at radius 2 is 1.70 bits per heavy atom. The molecule has 0 bridgehead atoms. The number of rotatable bonds is 9. The van der Waals surface area contributed by atoms with Gasteiger partial charge in [0.2, 0.25) is 0 Å². The minimum Gasteiger partial charge on any atom is -0.493 e. The second kappa shape index (κ2) is 11.4. The van der Waals surface area contributed by atoms with Gasteiger partial charge in [-0.1, -0.05) is 30.8 Å². The zero-order chi connectivity index (χ0) is 27.4. The molecular weight excluding hydrogens is 521 g/mol. The van der Waals surface area contributed by atoms with Gasteiger partial charge in [0.1, 0.15) is 0 Å². The molecule has 0 spiro atoms. The van der Waals surface area contributed by atoms with E-state index >= 15 is 0 Å². The normalized spacial score (nSPS) is 16.3. The molecule has 1 aliphatic rings. The molecule has 7 nitrogen and oxygen atoms in total. The molecule has 37 heavy (non-hydrogen) atoms. The second-order valence-corrected chi connectivity index (χ2v) is 9.09. The number of hydrazone groups is 1. The van der Waals surface area contributed by atoms with Crippen molar-refractivity contribution >= 4 is 34.3 Å². The number of anilines is 1. The summed E-state index contributed by atoms with van der Waals surface area (Å²) in [5.41, 5.74) is 1.89. The Bertz CT molecular complexity index is 1170. The Morgan fingerprint density at radius 1 is 1.05 bits per heavy atom. The molecule has 2 aromatic carbocycles. The highest BCUT2D eigenvalue weighted by Gasteiger charge is 2.63. The number of amides is 2. The van der Waals surface area contributed by atoms with Crippen molar-refractivity contribution in [3.8, 4) is 11.5 Å². The predicted octanol–water partition coefficient (Wildman–Crippen LogP) is 5.73. The van der Waals surface area contributed by atoms with Gasteiger partial charge in [0, 0.05) is 17.8 Å². The highest BCUT2D eigenvalue weighted by molar-refractivity contribution is 8.14. The summed E-state index contributed by atoms with van der Waals surface area (Å²) in [6.07, 6.45) is -5.01. The number of ether oxygens (including phenoxy) is 2. The lowest BCUT2D eigenvalue weighted by Gasteiger charge is -2.28. The molecule has 1 heterocycles. The number of thioether (sulfide) groups is 1. The zero-order valence-corrected chi connectivity index (χ0v) is 20.9. The first-order valence-electron chi connectivity index (χ1n) is 11.0. The third-order valence-electron chi connectivity index (χ3n) is 5.50. The van der Waals surface area contributed by atoms with Crippen LogP contribution < -0.4 is 14.8 Å². The summed E-state index contributed by atoms with van der Waals surface area (Å²) in [5.74, 6) is -6.91. The lowest BCUT2D eigenvalue weighted by atomic mass is 10.0. The predicted molar refractivity (Wildman–Crippen MR) is 130 cm³/mol. The largest absolute Gasteiger partial charge is 0.493 e. The van der Waals surface area contributed by atoms with Crippen molar-refractivity contribution in [2.45, 2.75) is 37.1 Å². The van der Waals surface area contributed by atoms with Gasteiger partial charge >= 0.3 is 23.2 Å². The molecule has 0 radical (unpaired) electrons. The van der Waals surface area contributed by atoms with Crippen molar-refractivity contribution in [3.05, 3.63) is 53.6 Å². The van der Waals surface area contributed by atoms with Gasteiger partial charge in [0.05, 0.1) is 25.2 Å². The number of hydrogen-bond acceptors (Lipinski definition) is 6. The second-order valence-electron chi connectivity index (χ2n) is 7.93. The fourth-order valence-electron chi connectivity index (χ4n) is 3.46. The highest BCUT2D eigenvalue weighted by Crippen LogP contribution is 2.36. The number of hydrogen-bond donors (Lipinski definition) is 1. The molecule has 1 N–H and O–H groups in total. The summed E-state index contributed by atoms with van der Waals surface area (Å²) in [7, 11) is 3.05. The van der Waals surface area contributed by atoms with Crippen molar-refractivity contribution in [3.63, 3.8) is 0 Å². The molecule has 1 atom stereocenters. The number of nitrogens with one attached hydrogen (secondary N) is 1. The van der Waals surface area contributed by atoms with E-state index in [1.165, 1.54) is 43.5 Å². The molecule has 2 aromatic rings. The first kappa shape index (κ1) is 28.2. The zero-order valence-electron chi connectivity index (χ0n) is 20.1. The van der Waals surface area contributed by atoms with E-state index < -0.39 is 18.0 Å². The quantitative estimate of drug-likeness (QED) is 0.407. The average molecular weight is 546 g/mol. The van der Waals surface area contributed by atoms with Crippen LogP contribution in [0.15, 0.2) is 47.6 Å². The first-order chi connectivity index (χ1) is 17.4. The molecule has 1 aliphatic heterocycles. The topological polar surface area (TPSA) is 80.2 Å². The molecule has 0 saturated heterocycles. The van der Waals surface area contributed by atoms with Gasteiger partial charge in [-0.3, -0.25) is 9.59 Å². The molecule has 0 saturated carbocycles. The van der Waals surface area contributed by atoms with Crippen LogP contribution in [-0.4, -0.2) is 60.0 Å². The van der Waals surface area contributed by atoms with Gasteiger partial charge in [-0.25, -0.2) is 5.01 Å². The number of nitrogens with zero attached hydrogens (tertiary/aromatic N) is 2. The monoisotopic (exact) mass is 545 g/mol. The summed E-state index contributed by atoms with van der Waals surface area (Å²) in [5, 5.41) is 7.05. The van der Waals surface area contributed by atoms with Crippen LogP contribution in [0.2, 0.25) is 0 Å². The van der Waals surface area contributed by atoms with Crippen LogP contribution in [0, 0.1) is 0 Å². The number of benzene rings is 2. The Balaban J connectivity index is 1.72. The standard InChI is InChI=1S/C24H24F5N3O4S/c1-4-19-20(15-7-10-17(35-2)18(13-15)36-3)31-32(22(34)37-19)12-11-14-5-8-16(9-6-14)30-21(33)23(25,26)24(27,28)29/h5-10,13,19H,4,11-12H2,1-3H3,(H,30,33). The maximum Gasteiger partial charge on any atom is 0.463 e. The fourth-order valence-corrected chi connectivity index (χ4v) is 4.42. The van der Waals surface area contributed by atoms with E-state index in [1.54, 1.807) is 17.4 Å². The lowest BCUT2D eigenvalue weighted by molar-refractivity contribution is -0.267. The van der Waals surface area contributed by atoms with E-state index in [0.717, 1.165) is 17.3 Å². The SMILES string of the molecule is CCC1SC(=O)N(CCc2ccc(NC(=O)C(F)(F)C(F)(F)F)cc2)N=C1c1ccc(OC)c(OC)c1. The van der Waals surface area contributed by atoms with Crippen LogP contribution in [0.1, 0.15) is 24.5 Å². The van der Waals surface area contributed by atoms with Crippen LogP contribution in [0.5, 0.6) is 11.5 Å². The van der Waals surface area contributed by atoms with E-state index in [2.05, 4.69) is 5.10 Å². The summed E-state index contributed by atoms with van der Waals surface area (Å²) in [6.45, 7) is 2.14. The van der Waals surface area contributed by atoms with E-state index in [-0.39, 0.29) is 22.7 Å². The third kappa shape index (κ3) is 6.32.